The first-order valence-corrected chi connectivity index (χ1v) is 4.56. The Morgan fingerprint density at radius 2 is 2.00 bits per heavy atom. The van der Waals surface area contributed by atoms with Crippen molar-refractivity contribution in [2.24, 2.45) is 0 Å². The fourth-order valence-corrected chi connectivity index (χ4v) is 1.38. The van der Waals surface area contributed by atoms with E-state index in [1.165, 1.54) is 18.4 Å². The van der Waals surface area contributed by atoms with Gasteiger partial charge >= 0.3 is 0 Å². The van der Waals surface area contributed by atoms with Crippen molar-refractivity contribution in [3.63, 3.8) is 0 Å². The van der Waals surface area contributed by atoms with Crippen LogP contribution in [0.15, 0.2) is 24.3 Å². The molecule has 13 heavy (non-hydrogen) atoms. The normalized spacial score (nSPS) is 15.0. The first-order valence-electron chi connectivity index (χ1n) is 4.56. The number of ether oxygens (including phenoxy) is 1. The number of rotatable bonds is 3. The quantitative estimate of drug-likeness (QED) is 0.637. The number of hydrogen-bond donors (Lipinski definition) is 0. The molecule has 0 saturated heterocycles. The summed E-state index contributed by atoms with van der Waals surface area (Å²) in [7, 11) is 0. The molecule has 0 spiro atoms. The van der Waals surface area contributed by atoms with Gasteiger partial charge in [-0.2, -0.15) is 0 Å². The van der Waals surface area contributed by atoms with E-state index in [9.17, 15) is 0 Å². The summed E-state index contributed by atoms with van der Waals surface area (Å²) >= 11 is 0. The van der Waals surface area contributed by atoms with Crippen LogP contribution < -0.4 is 4.74 Å². The zero-order chi connectivity index (χ0) is 9.10. The van der Waals surface area contributed by atoms with Crippen LogP contribution in [-0.2, 0) is 0 Å². The van der Waals surface area contributed by atoms with Crippen molar-refractivity contribution in [2.45, 2.75) is 18.8 Å². The highest BCUT2D eigenvalue weighted by Gasteiger charge is 2.22. The molecule has 1 fully saturated rings. The largest absolute Gasteiger partial charge is 0.481 e. The minimum absolute atomic E-state index is 0.350. The zero-order valence-corrected chi connectivity index (χ0v) is 7.49. The molecular weight excluding hydrogens is 160 g/mol. The van der Waals surface area contributed by atoms with Crippen LogP contribution in [0.5, 0.6) is 5.75 Å². The molecule has 1 aromatic carbocycles. The Labute approximate surface area is 78.7 Å². The summed E-state index contributed by atoms with van der Waals surface area (Å²) in [5.74, 6) is 4.11. The van der Waals surface area contributed by atoms with Crippen molar-refractivity contribution in [2.75, 3.05) is 6.61 Å². The van der Waals surface area contributed by atoms with Crippen LogP contribution in [0.3, 0.4) is 0 Å². The Hall–Kier alpha value is -1.42. The second-order valence-electron chi connectivity index (χ2n) is 3.34. The summed E-state index contributed by atoms with van der Waals surface area (Å²) in [5, 5.41) is 0. The molecule has 0 amide bonds. The van der Waals surface area contributed by atoms with Crippen molar-refractivity contribution in [3.05, 3.63) is 29.8 Å². The average molecular weight is 172 g/mol. The zero-order valence-electron chi connectivity index (χ0n) is 7.49. The minimum atomic E-state index is 0.350. The molecule has 0 N–H and O–H groups in total. The lowest BCUT2D eigenvalue weighted by Gasteiger charge is -2.02. The van der Waals surface area contributed by atoms with Gasteiger partial charge in [-0.3, -0.25) is 0 Å². The summed E-state index contributed by atoms with van der Waals surface area (Å²) in [5.41, 5.74) is 1.42. The third-order valence-electron chi connectivity index (χ3n) is 2.25. The Morgan fingerprint density at radius 1 is 1.31 bits per heavy atom. The predicted molar refractivity (Wildman–Crippen MR) is 52.7 cm³/mol. The second-order valence-corrected chi connectivity index (χ2v) is 3.34. The molecule has 0 bridgehead atoms. The van der Waals surface area contributed by atoms with E-state index in [2.05, 4.69) is 18.1 Å². The fraction of sp³-hybridized carbons (Fsp3) is 0.333. The summed E-state index contributed by atoms with van der Waals surface area (Å²) < 4.78 is 5.27. The molecule has 0 atom stereocenters. The molecular formula is C12H12O. The third kappa shape index (κ3) is 2.03. The van der Waals surface area contributed by atoms with Crippen LogP contribution in [0.25, 0.3) is 0 Å². The van der Waals surface area contributed by atoms with Gasteiger partial charge in [0.15, 0.2) is 0 Å². The first-order chi connectivity index (χ1) is 6.40. The molecule has 1 saturated carbocycles. The molecule has 0 heterocycles. The third-order valence-corrected chi connectivity index (χ3v) is 2.25. The molecule has 1 nitrogen and oxygen atoms in total. The van der Waals surface area contributed by atoms with Gasteiger partial charge in [0.1, 0.15) is 12.4 Å². The molecule has 0 unspecified atom stereocenters. The summed E-state index contributed by atoms with van der Waals surface area (Å²) in [6.45, 7) is 0.350. The van der Waals surface area contributed by atoms with Gasteiger partial charge in [-0.15, -0.1) is 6.42 Å². The van der Waals surface area contributed by atoms with E-state index in [1.807, 2.05) is 12.1 Å². The van der Waals surface area contributed by atoms with Crippen LogP contribution in [0.2, 0.25) is 0 Å². The highest BCUT2D eigenvalue weighted by molar-refractivity contribution is 5.31. The standard InChI is InChI=1S/C12H12O/c1-2-9-13-12-7-5-11(6-8-12)10-3-4-10/h1,5-8,10H,3-4,9H2. The molecule has 0 aliphatic heterocycles. The molecule has 1 heteroatoms. The summed E-state index contributed by atoms with van der Waals surface area (Å²) in [4.78, 5) is 0. The smallest absolute Gasteiger partial charge is 0.148 e. The van der Waals surface area contributed by atoms with E-state index in [0.29, 0.717) is 6.61 Å². The number of benzene rings is 1. The fourth-order valence-electron chi connectivity index (χ4n) is 1.38. The van der Waals surface area contributed by atoms with Crippen LogP contribution in [0, 0.1) is 12.3 Å². The summed E-state index contributed by atoms with van der Waals surface area (Å²) in [6.07, 6.45) is 7.77. The Kier molecular flexibility index (Phi) is 2.23. The SMILES string of the molecule is C#CCOc1ccc(C2CC2)cc1. The maximum atomic E-state index is 5.27. The Balaban J connectivity index is 2.01. The van der Waals surface area contributed by atoms with Gasteiger partial charge in [-0.05, 0) is 36.5 Å². The average Bonchev–Trinajstić information content (AvgIpc) is 2.99. The van der Waals surface area contributed by atoms with Gasteiger partial charge in [0.25, 0.3) is 0 Å². The van der Waals surface area contributed by atoms with Gasteiger partial charge in [0.2, 0.25) is 0 Å². The van der Waals surface area contributed by atoms with E-state index in [0.717, 1.165) is 11.7 Å². The molecule has 1 aliphatic carbocycles. The van der Waals surface area contributed by atoms with Crippen LogP contribution in [0.1, 0.15) is 24.3 Å². The maximum Gasteiger partial charge on any atom is 0.148 e. The topological polar surface area (TPSA) is 9.23 Å². The van der Waals surface area contributed by atoms with Crippen molar-refractivity contribution in [1.82, 2.24) is 0 Å². The van der Waals surface area contributed by atoms with E-state index >= 15 is 0 Å². The molecule has 0 radical (unpaired) electrons. The van der Waals surface area contributed by atoms with E-state index in [1.54, 1.807) is 0 Å². The van der Waals surface area contributed by atoms with Crippen molar-refractivity contribution >= 4 is 0 Å². The summed E-state index contributed by atoms with van der Waals surface area (Å²) in [6, 6.07) is 8.24. The van der Waals surface area contributed by atoms with Gasteiger partial charge in [0, 0.05) is 0 Å². The lowest BCUT2D eigenvalue weighted by molar-refractivity contribution is 0.370. The minimum Gasteiger partial charge on any atom is -0.481 e. The van der Waals surface area contributed by atoms with Crippen LogP contribution in [-0.4, -0.2) is 6.61 Å². The molecule has 0 aromatic heterocycles. The van der Waals surface area contributed by atoms with Crippen LogP contribution in [0.4, 0.5) is 0 Å². The van der Waals surface area contributed by atoms with E-state index in [4.69, 9.17) is 11.2 Å². The maximum absolute atomic E-state index is 5.27. The van der Waals surface area contributed by atoms with Gasteiger partial charge in [-0.1, -0.05) is 18.1 Å². The monoisotopic (exact) mass is 172 g/mol. The number of hydrogen-bond acceptors (Lipinski definition) is 1. The van der Waals surface area contributed by atoms with E-state index < -0.39 is 0 Å². The lowest BCUT2D eigenvalue weighted by Crippen LogP contribution is -1.93. The lowest BCUT2D eigenvalue weighted by atomic mass is 10.1. The molecule has 1 aliphatic rings. The van der Waals surface area contributed by atoms with Gasteiger partial charge < -0.3 is 4.74 Å². The Bertz CT molecular complexity index is 314. The molecule has 1 aromatic rings. The van der Waals surface area contributed by atoms with Gasteiger partial charge in [0.05, 0.1) is 0 Å². The van der Waals surface area contributed by atoms with Crippen molar-refractivity contribution in [1.29, 1.82) is 0 Å². The van der Waals surface area contributed by atoms with Crippen molar-refractivity contribution < 1.29 is 4.74 Å². The van der Waals surface area contributed by atoms with Gasteiger partial charge in [-0.25, -0.2) is 0 Å². The highest BCUT2D eigenvalue weighted by Crippen LogP contribution is 2.40. The molecule has 2 rings (SSSR count). The van der Waals surface area contributed by atoms with E-state index in [-0.39, 0.29) is 0 Å². The van der Waals surface area contributed by atoms with Crippen molar-refractivity contribution in [3.8, 4) is 18.1 Å². The predicted octanol–water partition coefficient (Wildman–Crippen LogP) is 2.58. The Morgan fingerprint density at radius 3 is 2.54 bits per heavy atom. The van der Waals surface area contributed by atoms with Crippen LogP contribution >= 0.6 is 0 Å². The highest BCUT2D eigenvalue weighted by atomic mass is 16.5. The second kappa shape index (κ2) is 3.53. The number of terminal acetylenes is 1. The first kappa shape index (κ1) is 8.19. The molecule has 66 valence electrons.